The number of carboxylic acid groups (broad SMARTS) is 1. The van der Waals surface area contributed by atoms with Crippen LogP contribution in [0.5, 0.6) is 0 Å². The molecule has 0 aliphatic rings. The molecular formula is C18H12F3NO3S2. The molecule has 2 N–H and O–H groups in total. The highest BCUT2D eigenvalue weighted by Gasteiger charge is 2.30. The van der Waals surface area contributed by atoms with Gasteiger partial charge in [-0.25, -0.2) is 4.79 Å². The van der Waals surface area contributed by atoms with Gasteiger partial charge < -0.3 is 10.4 Å². The Labute approximate surface area is 159 Å². The van der Waals surface area contributed by atoms with Crippen molar-refractivity contribution < 1.29 is 27.9 Å². The molecule has 0 unspecified atom stereocenters. The lowest BCUT2D eigenvalue weighted by Gasteiger charge is -2.08. The van der Waals surface area contributed by atoms with E-state index in [-0.39, 0.29) is 28.5 Å². The molecule has 0 spiro atoms. The summed E-state index contributed by atoms with van der Waals surface area (Å²) in [5, 5.41) is 15.6. The third kappa shape index (κ3) is 4.37. The highest BCUT2D eigenvalue weighted by Crippen LogP contribution is 2.37. The average molecular weight is 411 g/mol. The number of anilines is 1. The molecule has 9 heteroatoms. The van der Waals surface area contributed by atoms with Crippen molar-refractivity contribution in [3.63, 3.8) is 0 Å². The van der Waals surface area contributed by atoms with E-state index in [1.54, 1.807) is 6.07 Å². The number of nitrogens with one attached hydrogen (secondary N) is 1. The Morgan fingerprint density at radius 2 is 1.78 bits per heavy atom. The number of aromatic carboxylic acids is 1. The summed E-state index contributed by atoms with van der Waals surface area (Å²) in [6.45, 7) is 0. The summed E-state index contributed by atoms with van der Waals surface area (Å²) in [4.78, 5) is 24.7. The van der Waals surface area contributed by atoms with Crippen molar-refractivity contribution in [1.29, 1.82) is 0 Å². The van der Waals surface area contributed by atoms with Crippen molar-refractivity contribution >= 4 is 39.6 Å². The van der Waals surface area contributed by atoms with Crippen LogP contribution in [0.1, 0.15) is 20.8 Å². The van der Waals surface area contributed by atoms with E-state index in [0.717, 1.165) is 28.3 Å². The topological polar surface area (TPSA) is 66.4 Å². The average Bonchev–Trinajstić information content (AvgIpc) is 3.24. The minimum absolute atomic E-state index is 0.115. The Balaban J connectivity index is 1.87. The SMILES string of the molecule is O=C(Cc1cccs1)Nc1scc(-c2ccc(C(F)(F)F)cc2)c1C(=O)O. The number of halogens is 3. The van der Waals surface area contributed by atoms with E-state index < -0.39 is 17.7 Å². The van der Waals surface area contributed by atoms with Crippen molar-refractivity contribution in [2.45, 2.75) is 12.6 Å². The summed E-state index contributed by atoms with van der Waals surface area (Å²) in [5.74, 6) is -1.63. The lowest BCUT2D eigenvalue weighted by molar-refractivity contribution is -0.137. The molecule has 1 amide bonds. The Kier molecular flexibility index (Phi) is 5.33. The van der Waals surface area contributed by atoms with E-state index in [1.807, 2.05) is 11.4 Å². The standard InChI is InChI=1S/C18H12F3NO3S2/c19-18(20,21)11-5-3-10(4-6-11)13-9-27-16(15(13)17(24)25)22-14(23)8-12-2-1-7-26-12/h1-7,9H,8H2,(H,22,23)(H,24,25). The molecule has 1 aromatic carbocycles. The first-order valence-corrected chi connectivity index (χ1v) is 9.36. The van der Waals surface area contributed by atoms with Gasteiger partial charge in [-0.15, -0.1) is 22.7 Å². The Bertz CT molecular complexity index is 961. The highest BCUT2D eigenvalue weighted by atomic mass is 32.1. The van der Waals surface area contributed by atoms with Gasteiger partial charge >= 0.3 is 12.1 Å². The minimum atomic E-state index is -4.47. The number of hydrogen-bond donors (Lipinski definition) is 2. The fourth-order valence-corrected chi connectivity index (χ4v) is 4.14. The molecule has 0 radical (unpaired) electrons. The van der Waals surface area contributed by atoms with Crippen LogP contribution in [0.2, 0.25) is 0 Å². The van der Waals surface area contributed by atoms with Crippen molar-refractivity contribution in [2.24, 2.45) is 0 Å². The summed E-state index contributed by atoms with van der Waals surface area (Å²) in [7, 11) is 0. The second-order valence-corrected chi connectivity index (χ2v) is 7.45. The maximum absolute atomic E-state index is 12.7. The molecule has 3 aromatic rings. The number of alkyl halides is 3. The maximum Gasteiger partial charge on any atom is 0.416 e. The largest absolute Gasteiger partial charge is 0.478 e. The van der Waals surface area contributed by atoms with Crippen LogP contribution >= 0.6 is 22.7 Å². The predicted octanol–water partition coefficient (Wildman–Crippen LogP) is 5.37. The second kappa shape index (κ2) is 7.53. The first kappa shape index (κ1) is 19.1. The van der Waals surface area contributed by atoms with Crippen LogP contribution in [0, 0.1) is 0 Å². The smallest absolute Gasteiger partial charge is 0.416 e. The van der Waals surface area contributed by atoms with Gasteiger partial charge in [-0.2, -0.15) is 13.2 Å². The molecular weight excluding hydrogens is 399 g/mol. The van der Waals surface area contributed by atoms with E-state index in [4.69, 9.17) is 0 Å². The lowest BCUT2D eigenvalue weighted by Crippen LogP contribution is -2.15. The van der Waals surface area contributed by atoms with E-state index in [9.17, 15) is 27.9 Å². The van der Waals surface area contributed by atoms with Gasteiger partial charge in [0.1, 0.15) is 10.6 Å². The first-order chi connectivity index (χ1) is 12.8. The zero-order valence-electron chi connectivity index (χ0n) is 13.5. The number of amides is 1. The number of hydrogen-bond acceptors (Lipinski definition) is 4. The first-order valence-electron chi connectivity index (χ1n) is 7.60. The van der Waals surface area contributed by atoms with E-state index in [2.05, 4.69) is 5.32 Å². The van der Waals surface area contributed by atoms with Crippen LogP contribution < -0.4 is 5.32 Å². The Hall–Kier alpha value is -2.65. The normalized spacial score (nSPS) is 11.4. The molecule has 0 saturated heterocycles. The number of carboxylic acids is 1. The molecule has 0 fully saturated rings. The van der Waals surface area contributed by atoms with E-state index in [0.29, 0.717) is 5.56 Å². The van der Waals surface area contributed by atoms with Crippen LogP contribution in [-0.2, 0) is 17.4 Å². The van der Waals surface area contributed by atoms with Crippen LogP contribution in [0.15, 0.2) is 47.2 Å². The molecule has 0 bridgehead atoms. The summed E-state index contributed by atoms with van der Waals surface area (Å²) in [5.41, 5.74) is -0.370. The lowest BCUT2D eigenvalue weighted by atomic mass is 10.0. The number of rotatable bonds is 5. The Morgan fingerprint density at radius 3 is 2.33 bits per heavy atom. The predicted molar refractivity (Wildman–Crippen MR) is 98.4 cm³/mol. The molecule has 2 aromatic heterocycles. The monoisotopic (exact) mass is 411 g/mol. The number of carbonyl (C=O) groups excluding carboxylic acids is 1. The van der Waals surface area contributed by atoms with Crippen molar-refractivity contribution in [1.82, 2.24) is 0 Å². The highest BCUT2D eigenvalue weighted by molar-refractivity contribution is 7.15. The molecule has 140 valence electrons. The van der Waals surface area contributed by atoms with Crippen LogP contribution in [0.3, 0.4) is 0 Å². The van der Waals surface area contributed by atoms with Gasteiger partial charge in [0.2, 0.25) is 5.91 Å². The molecule has 0 aliphatic carbocycles. The van der Waals surface area contributed by atoms with Crippen molar-refractivity contribution in [3.05, 3.63) is 63.2 Å². The third-order valence-corrected chi connectivity index (χ3v) is 5.47. The molecule has 2 heterocycles. The van der Waals surface area contributed by atoms with Gasteiger partial charge in [0.05, 0.1) is 12.0 Å². The number of carbonyl (C=O) groups is 2. The maximum atomic E-state index is 12.7. The third-order valence-electron chi connectivity index (χ3n) is 3.70. The second-order valence-electron chi connectivity index (χ2n) is 5.54. The zero-order valence-corrected chi connectivity index (χ0v) is 15.2. The van der Waals surface area contributed by atoms with Crippen LogP contribution in [-0.4, -0.2) is 17.0 Å². The van der Waals surface area contributed by atoms with Gasteiger partial charge in [-0.3, -0.25) is 4.79 Å². The molecule has 0 saturated carbocycles. The van der Waals surface area contributed by atoms with Gasteiger partial charge in [0.15, 0.2) is 0 Å². The van der Waals surface area contributed by atoms with Crippen molar-refractivity contribution in [3.8, 4) is 11.1 Å². The van der Waals surface area contributed by atoms with Gasteiger partial charge in [-0.1, -0.05) is 18.2 Å². The minimum Gasteiger partial charge on any atom is -0.478 e. The van der Waals surface area contributed by atoms with Gasteiger partial charge in [-0.05, 0) is 29.1 Å². The van der Waals surface area contributed by atoms with E-state index >= 15 is 0 Å². The molecule has 0 aliphatic heterocycles. The number of benzene rings is 1. The summed E-state index contributed by atoms with van der Waals surface area (Å²) in [6.07, 6.45) is -4.35. The molecule has 3 rings (SSSR count). The fraction of sp³-hybridized carbons (Fsp3) is 0.111. The summed E-state index contributed by atoms with van der Waals surface area (Å²) in [6, 6.07) is 7.83. The van der Waals surface area contributed by atoms with Crippen molar-refractivity contribution in [2.75, 3.05) is 5.32 Å². The van der Waals surface area contributed by atoms with E-state index in [1.165, 1.54) is 28.8 Å². The van der Waals surface area contributed by atoms with Crippen LogP contribution in [0.4, 0.5) is 18.2 Å². The number of thiophene rings is 2. The summed E-state index contributed by atoms with van der Waals surface area (Å²) < 4.78 is 38.1. The van der Waals surface area contributed by atoms with Gasteiger partial charge in [0.25, 0.3) is 0 Å². The Morgan fingerprint density at radius 1 is 1.07 bits per heavy atom. The van der Waals surface area contributed by atoms with Crippen LogP contribution in [0.25, 0.3) is 11.1 Å². The molecule has 0 atom stereocenters. The fourth-order valence-electron chi connectivity index (χ4n) is 2.46. The quantitative estimate of drug-likeness (QED) is 0.593. The van der Waals surface area contributed by atoms with Gasteiger partial charge in [0, 0.05) is 15.8 Å². The molecule has 4 nitrogen and oxygen atoms in total. The summed E-state index contributed by atoms with van der Waals surface area (Å²) >= 11 is 2.43. The molecule has 27 heavy (non-hydrogen) atoms. The zero-order chi connectivity index (χ0) is 19.6.